The molecule has 0 radical (unpaired) electrons. The van der Waals surface area contributed by atoms with E-state index in [0.29, 0.717) is 56.3 Å². The van der Waals surface area contributed by atoms with E-state index < -0.39 is 12.0 Å². The first-order chi connectivity index (χ1) is 16.5. The maximum Gasteiger partial charge on any atom is 0.268 e. The molecule has 1 saturated heterocycles. The van der Waals surface area contributed by atoms with E-state index in [1.54, 1.807) is 23.2 Å². The van der Waals surface area contributed by atoms with Crippen LogP contribution in [-0.2, 0) is 14.3 Å². The summed E-state index contributed by atoms with van der Waals surface area (Å²) in [6.45, 7) is 3.99. The number of carbonyl (C=O) groups is 3. The van der Waals surface area contributed by atoms with E-state index in [9.17, 15) is 14.4 Å². The molecule has 2 aromatic rings. The lowest BCUT2D eigenvalue weighted by molar-refractivity contribution is -0.140. The van der Waals surface area contributed by atoms with Gasteiger partial charge in [0.25, 0.3) is 5.89 Å². The number of carbonyl (C=O) groups excluding carboxylic acids is 3. The van der Waals surface area contributed by atoms with Gasteiger partial charge in [-0.15, -0.1) is 0 Å². The molecule has 1 saturated carbocycles. The molecule has 9 heteroatoms. The molecule has 2 unspecified atom stereocenters. The number of pyridine rings is 1. The van der Waals surface area contributed by atoms with Crippen LogP contribution in [0.2, 0.25) is 0 Å². The van der Waals surface area contributed by atoms with Crippen LogP contribution in [0.15, 0.2) is 22.7 Å². The Bertz CT molecular complexity index is 961. The van der Waals surface area contributed by atoms with Crippen LogP contribution in [-0.4, -0.2) is 64.8 Å². The third-order valence-electron chi connectivity index (χ3n) is 6.92. The number of Topliss-reactive ketones (excluding diaryl/α,β-unsaturated/α-hetero) is 1. The second-order valence-corrected chi connectivity index (χ2v) is 9.31. The molecule has 34 heavy (non-hydrogen) atoms. The minimum absolute atomic E-state index is 0.0244. The summed E-state index contributed by atoms with van der Waals surface area (Å²) in [6, 6.07) is 2.64. The molecule has 1 aliphatic carbocycles. The molecule has 2 fully saturated rings. The number of morpholine rings is 1. The summed E-state index contributed by atoms with van der Waals surface area (Å²) in [5.41, 5.74) is 0.789. The molecule has 0 spiro atoms. The Balaban J connectivity index is 1.45. The summed E-state index contributed by atoms with van der Waals surface area (Å²) in [5, 5.41) is 2.90. The van der Waals surface area contributed by atoms with Gasteiger partial charge in [-0.05, 0) is 30.9 Å². The standard InChI is InChI=1S/C25H34N4O5/c1-2-19(22(31)25-28-23-20(34-25)9-6-10-26-23)27-24(32)18(15-17-7-4-3-5-8-17)16-21(30)29-11-13-33-14-12-29/h6,9-10,17-19H,2-5,7-8,11-16H2,1H3,(H,27,32). The van der Waals surface area contributed by atoms with Crippen molar-refractivity contribution in [3.8, 4) is 0 Å². The largest absolute Gasteiger partial charge is 0.432 e. The fourth-order valence-electron chi connectivity index (χ4n) is 4.93. The number of rotatable bonds is 9. The zero-order valence-corrected chi connectivity index (χ0v) is 19.8. The summed E-state index contributed by atoms with van der Waals surface area (Å²) < 4.78 is 10.9. The van der Waals surface area contributed by atoms with E-state index in [-0.39, 0.29) is 29.9 Å². The Morgan fingerprint density at radius 1 is 1.18 bits per heavy atom. The highest BCUT2D eigenvalue weighted by molar-refractivity contribution is 6.00. The Kier molecular flexibility index (Phi) is 8.26. The monoisotopic (exact) mass is 470 g/mol. The van der Waals surface area contributed by atoms with Crippen molar-refractivity contribution in [2.45, 2.75) is 64.3 Å². The molecular formula is C25H34N4O5. The van der Waals surface area contributed by atoms with Gasteiger partial charge in [0.2, 0.25) is 17.6 Å². The zero-order chi connectivity index (χ0) is 23.9. The van der Waals surface area contributed by atoms with Crippen molar-refractivity contribution < 1.29 is 23.5 Å². The molecule has 9 nitrogen and oxygen atoms in total. The molecule has 0 bridgehead atoms. The first-order valence-electron chi connectivity index (χ1n) is 12.5. The number of amides is 2. The molecule has 1 aliphatic heterocycles. The number of ketones is 1. The molecule has 2 aliphatic rings. The first kappa shape index (κ1) is 24.3. The quantitative estimate of drug-likeness (QED) is 0.560. The highest BCUT2D eigenvalue weighted by Gasteiger charge is 2.32. The van der Waals surface area contributed by atoms with Gasteiger partial charge < -0.3 is 19.4 Å². The van der Waals surface area contributed by atoms with E-state index in [4.69, 9.17) is 9.15 Å². The average molecular weight is 471 g/mol. The lowest BCUT2D eigenvalue weighted by Gasteiger charge is -2.30. The molecular weight excluding hydrogens is 436 g/mol. The summed E-state index contributed by atoms with van der Waals surface area (Å²) >= 11 is 0. The van der Waals surface area contributed by atoms with Crippen molar-refractivity contribution in [3.63, 3.8) is 0 Å². The van der Waals surface area contributed by atoms with Crippen molar-refractivity contribution in [1.82, 2.24) is 20.2 Å². The van der Waals surface area contributed by atoms with Gasteiger partial charge in [-0.3, -0.25) is 14.4 Å². The van der Waals surface area contributed by atoms with Gasteiger partial charge in [0.1, 0.15) is 0 Å². The Hall–Kier alpha value is -2.81. The molecule has 4 rings (SSSR count). The number of nitrogens with one attached hydrogen (secondary N) is 1. The van der Waals surface area contributed by atoms with Crippen LogP contribution in [0.4, 0.5) is 0 Å². The molecule has 2 aromatic heterocycles. The minimum atomic E-state index is -0.770. The number of hydrogen-bond donors (Lipinski definition) is 1. The third-order valence-corrected chi connectivity index (χ3v) is 6.92. The van der Waals surface area contributed by atoms with Gasteiger partial charge in [-0.2, -0.15) is 4.98 Å². The maximum absolute atomic E-state index is 13.4. The summed E-state index contributed by atoms with van der Waals surface area (Å²) in [6.07, 6.45) is 8.52. The van der Waals surface area contributed by atoms with Gasteiger partial charge in [0.15, 0.2) is 11.2 Å². The van der Waals surface area contributed by atoms with Crippen molar-refractivity contribution >= 4 is 28.8 Å². The van der Waals surface area contributed by atoms with Crippen LogP contribution in [0.1, 0.15) is 69.0 Å². The fraction of sp³-hybridized carbons (Fsp3) is 0.640. The second-order valence-electron chi connectivity index (χ2n) is 9.31. The zero-order valence-electron chi connectivity index (χ0n) is 19.8. The average Bonchev–Trinajstić information content (AvgIpc) is 3.32. The van der Waals surface area contributed by atoms with Crippen molar-refractivity contribution in [1.29, 1.82) is 0 Å². The Morgan fingerprint density at radius 2 is 1.94 bits per heavy atom. The third kappa shape index (κ3) is 6.00. The maximum atomic E-state index is 13.4. The molecule has 3 heterocycles. The lowest BCUT2D eigenvalue weighted by atomic mass is 9.81. The van der Waals surface area contributed by atoms with Gasteiger partial charge in [-0.1, -0.05) is 39.0 Å². The number of ether oxygens (including phenoxy) is 1. The predicted molar refractivity (Wildman–Crippen MR) is 125 cm³/mol. The smallest absolute Gasteiger partial charge is 0.268 e. The van der Waals surface area contributed by atoms with E-state index in [1.807, 2.05) is 6.92 Å². The Labute approximate surface area is 199 Å². The van der Waals surface area contributed by atoms with Gasteiger partial charge >= 0.3 is 0 Å². The van der Waals surface area contributed by atoms with Gasteiger partial charge in [0.05, 0.1) is 19.3 Å². The first-order valence-corrected chi connectivity index (χ1v) is 12.5. The summed E-state index contributed by atoms with van der Waals surface area (Å²) in [7, 11) is 0. The van der Waals surface area contributed by atoms with E-state index in [1.165, 1.54) is 6.42 Å². The van der Waals surface area contributed by atoms with Crippen LogP contribution < -0.4 is 5.32 Å². The Morgan fingerprint density at radius 3 is 2.65 bits per heavy atom. The predicted octanol–water partition coefficient (Wildman–Crippen LogP) is 3.14. The van der Waals surface area contributed by atoms with Gasteiger partial charge in [0, 0.05) is 31.6 Å². The highest BCUT2D eigenvalue weighted by atomic mass is 16.5. The van der Waals surface area contributed by atoms with E-state index in [0.717, 1.165) is 25.7 Å². The van der Waals surface area contributed by atoms with Crippen LogP contribution in [0.25, 0.3) is 11.2 Å². The minimum Gasteiger partial charge on any atom is -0.432 e. The van der Waals surface area contributed by atoms with Crippen LogP contribution in [0, 0.1) is 11.8 Å². The van der Waals surface area contributed by atoms with Crippen molar-refractivity contribution in [2.24, 2.45) is 11.8 Å². The molecule has 184 valence electrons. The summed E-state index contributed by atoms with van der Waals surface area (Å²) in [5.74, 6) is -0.754. The topological polar surface area (TPSA) is 115 Å². The number of fused-ring (bicyclic) bond motifs is 1. The number of aromatic nitrogens is 2. The fourth-order valence-corrected chi connectivity index (χ4v) is 4.93. The van der Waals surface area contributed by atoms with E-state index >= 15 is 0 Å². The van der Waals surface area contributed by atoms with Gasteiger partial charge in [-0.25, -0.2) is 4.98 Å². The van der Waals surface area contributed by atoms with E-state index in [2.05, 4.69) is 15.3 Å². The second kappa shape index (κ2) is 11.6. The summed E-state index contributed by atoms with van der Waals surface area (Å²) in [4.78, 5) is 49.5. The number of hydrogen-bond acceptors (Lipinski definition) is 7. The van der Waals surface area contributed by atoms with Crippen molar-refractivity contribution in [2.75, 3.05) is 26.3 Å². The van der Waals surface area contributed by atoms with Crippen LogP contribution >= 0.6 is 0 Å². The van der Waals surface area contributed by atoms with Crippen LogP contribution in [0.5, 0.6) is 0 Å². The molecule has 2 amide bonds. The SMILES string of the molecule is CCC(NC(=O)C(CC(=O)N1CCOCC1)CC1CCCCC1)C(=O)c1nc2ncccc2o1. The van der Waals surface area contributed by atoms with Crippen molar-refractivity contribution in [3.05, 3.63) is 24.2 Å². The normalized spacial score (nSPS) is 19.0. The van der Waals surface area contributed by atoms with Crippen LogP contribution in [0.3, 0.4) is 0 Å². The molecule has 2 atom stereocenters. The molecule has 0 aromatic carbocycles. The lowest BCUT2D eigenvalue weighted by Crippen LogP contribution is -2.46. The molecule has 1 N–H and O–H groups in total. The highest BCUT2D eigenvalue weighted by Crippen LogP contribution is 2.31. The number of nitrogens with zero attached hydrogens (tertiary/aromatic N) is 3. The number of oxazole rings is 1.